The Kier molecular flexibility index (Phi) is 3.62. The Hall–Kier alpha value is -1.26. The normalized spacial score (nSPS) is 18.9. The molecule has 0 saturated carbocycles. The molecule has 1 heterocycles. The number of thioether (sulfide) groups is 1. The summed E-state index contributed by atoms with van der Waals surface area (Å²) in [6.07, 6.45) is 0. The van der Waals surface area contributed by atoms with Gasteiger partial charge in [0.15, 0.2) is 0 Å². The van der Waals surface area contributed by atoms with Crippen LogP contribution in [0.25, 0.3) is 0 Å². The summed E-state index contributed by atoms with van der Waals surface area (Å²) in [7, 11) is 0. The van der Waals surface area contributed by atoms with E-state index in [1.54, 1.807) is 11.8 Å². The zero-order valence-electron chi connectivity index (χ0n) is 10.1. The zero-order valence-corrected chi connectivity index (χ0v) is 12.5. The van der Waals surface area contributed by atoms with Crippen molar-refractivity contribution in [3.8, 4) is 0 Å². The highest BCUT2D eigenvalue weighted by atomic mass is 79.9. The molecule has 19 heavy (non-hydrogen) atoms. The summed E-state index contributed by atoms with van der Waals surface area (Å²) in [6.45, 7) is 0. The molecule has 2 nitrogen and oxygen atoms in total. The van der Waals surface area contributed by atoms with Crippen molar-refractivity contribution in [2.45, 2.75) is 5.37 Å². The van der Waals surface area contributed by atoms with Gasteiger partial charge in [-0.25, -0.2) is 0 Å². The van der Waals surface area contributed by atoms with E-state index in [9.17, 15) is 4.79 Å². The van der Waals surface area contributed by atoms with Crippen LogP contribution in [0.3, 0.4) is 0 Å². The fraction of sp³-hybridized carbons (Fsp3) is 0.133. The van der Waals surface area contributed by atoms with Crippen molar-refractivity contribution in [3.63, 3.8) is 0 Å². The molecule has 0 aliphatic carbocycles. The number of amides is 1. The van der Waals surface area contributed by atoms with E-state index in [1.165, 1.54) is 0 Å². The molecule has 2 aromatic carbocycles. The van der Waals surface area contributed by atoms with E-state index < -0.39 is 0 Å². The lowest BCUT2D eigenvalue weighted by Gasteiger charge is -2.24. The van der Waals surface area contributed by atoms with Crippen LogP contribution in [-0.2, 0) is 4.79 Å². The molecule has 1 saturated heterocycles. The van der Waals surface area contributed by atoms with Crippen molar-refractivity contribution < 1.29 is 4.79 Å². The summed E-state index contributed by atoms with van der Waals surface area (Å²) in [4.78, 5) is 14.0. The second-order valence-corrected chi connectivity index (χ2v) is 6.30. The second kappa shape index (κ2) is 5.39. The van der Waals surface area contributed by atoms with Crippen molar-refractivity contribution in [1.29, 1.82) is 0 Å². The Morgan fingerprint density at radius 2 is 1.74 bits per heavy atom. The van der Waals surface area contributed by atoms with Gasteiger partial charge in [0.1, 0.15) is 5.37 Å². The monoisotopic (exact) mass is 333 g/mol. The number of benzene rings is 2. The van der Waals surface area contributed by atoms with Gasteiger partial charge in [0.25, 0.3) is 0 Å². The third kappa shape index (κ3) is 2.55. The number of halogens is 1. The van der Waals surface area contributed by atoms with E-state index in [0.717, 1.165) is 15.7 Å². The van der Waals surface area contributed by atoms with Crippen LogP contribution < -0.4 is 4.90 Å². The van der Waals surface area contributed by atoms with Gasteiger partial charge >= 0.3 is 0 Å². The second-order valence-electron chi connectivity index (χ2n) is 4.31. The fourth-order valence-corrected chi connectivity index (χ4v) is 3.61. The maximum atomic E-state index is 12.1. The molecule has 0 unspecified atom stereocenters. The number of carbonyl (C=O) groups excluding carboxylic acids is 1. The van der Waals surface area contributed by atoms with Crippen molar-refractivity contribution in [3.05, 3.63) is 64.6 Å². The minimum atomic E-state index is 0.0722. The minimum absolute atomic E-state index is 0.0722. The van der Waals surface area contributed by atoms with Crippen LogP contribution in [0, 0.1) is 0 Å². The van der Waals surface area contributed by atoms with Gasteiger partial charge in [0.05, 0.1) is 5.75 Å². The summed E-state index contributed by atoms with van der Waals surface area (Å²) < 4.78 is 1.05. The molecule has 0 spiro atoms. The van der Waals surface area contributed by atoms with Crippen LogP contribution in [0.5, 0.6) is 0 Å². The smallest absolute Gasteiger partial charge is 0.238 e. The Labute approximate surface area is 124 Å². The molecule has 0 radical (unpaired) electrons. The standard InChI is InChI=1S/C15H12BrNOS/c16-12-8-6-11(7-9-12)15-17(14(18)10-19-15)13-4-2-1-3-5-13/h1-9,15H,10H2/t15-/m0/s1. The van der Waals surface area contributed by atoms with Crippen LogP contribution >= 0.6 is 27.7 Å². The predicted molar refractivity (Wildman–Crippen MR) is 83.3 cm³/mol. The maximum absolute atomic E-state index is 12.1. The van der Waals surface area contributed by atoms with Crippen LogP contribution in [0.15, 0.2) is 59.1 Å². The van der Waals surface area contributed by atoms with E-state index in [4.69, 9.17) is 0 Å². The molecule has 4 heteroatoms. The lowest BCUT2D eigenvalue weighted by Crippen LogP contribution is -2.27. The molecular formula is C15H12BrNOS. The third-order valence-electron chi connectivity index (χ3n) is 3.06. The van der Waals surface area contributed by atoms with E-state index >= 15 is 0 Å². The molecule has 1 aliphatic rings. The fourth-order valence-electron chi connectivity index (χ4n) is 2.17. The number of rotatable bonds is 2. The Morgan fingerprint density at radius 1 is 1.05 bits per heavy atom. The van der Waals surface area contributed by atoms with Crippen LogP contribution in [0.2, 0.25) is 0 Å². The number of carbonyl (C=O) groups is 1. The largest absolute Gasteiger partial charge is 0.295 e. The number of hydrogen-bond donors (Lipinski definition) is 0. The van der Waals surface area contributed by atoms with Crippen molar-refractivity contribution in [2.24, 2.45) is 0 Å². The van der Waals surface area contributed by atoms with Gasteiger partial charge < -0.3 is 0 Å². The first-order chi connectivity index (χ1) is 9.25. The van der Waals surface area contributed by atoms with Crippen molar-refractivity contribution >= 4 is 39.3 Å². The first-order valence-corrected chi connectivity index (χ1v) is 7.84. The van der Waals surface area contributed by atoms with Gasteiger partial charge in [0.2, 0.25) is 5.91 Å². The summed E-state index contributed by atoms with van der Waals surface area (Å²) in [5.41, 5.74) is 2.12. The molecule has 3 rings (SSSR count). The molecule has 1 fully saturated rings. The van der Waals surface area contributed by atoms with Crippen LogP contribution in [0.1, 0.15) is 10.9 Å². The molecule has 0 bridgehead atoms. The van der Waals surface area contributed by atoms with E-state index in [2.05, 4.69) is 28.1 Å². The number of hydrogen-bond acceptors (Lipinski definition) is 2. The first kappa shape index (κ1) is 12.8. The average Bonchev–Trinajstić information content (AvgIpc) is 2.82. The average molecular weight is 334 g/mol. The molecule has 1 amide bonds. The van der Waals surface area contributed by atoms with Crippen LogP contribution in [0.4, 0.5) is 5.69 Å². The van der Waals surface area contributed by atoms with E-state index in [1.807, 2.05) is 47.4 Å². The molecule has 1 atom stereocenters. The predicted octanol–water partition coefficient (Wildman–Crippen LogP) is 4.23. The summed E-state index contributed by atoms with van der Waals surface area (Å²) >= 11 is 5.11. The van der Waals surface area contributed by atoms with Gasteiger partial charge in [-0.1, -0.05) is 46.3 Å². The Morgan fingerprint density at radius 3 is 2.42 bits per heavy atom. The van der Waals surface area contributed by atoms with Crippen molar-refractivity contribution in [2.75, 3.05) is 10.7 Å². The molecule has 96 valence electrons. The Balaban J connectivity index is 1.97. The summed E-state index contributed by atoms with van der Waals surface area (Å²) in [6, 6.07) is 18.0. The summed E-state index contributed by atoms with van der Waals surface area (Å²) in [5, 5.41) is 0.0722. The van der Waals surface area contributed by atoms with E-state index in [-0.39, 0.29) is 11.3 Å². The quantitative estimate of drug-likeness (QED) is 0.819. The maximum Gasteiger partial charge on any atom is 0.238 e. The van der Waals surface area contributed by atoms with Gasteiger partial charge in [-0.3, -0.25) is 9.69 Å². The van der Waals surface area contributed by atoms with E-state index in [0.29, 0.717) is 5.75 Å². The van der Waals surface area contributed by atoms with Gasteiger partial charge in [0, 0.05) is 10.2 Å². The molecule has 1 aliphatic heterocycles. The van der Waals surface area contributed by atoms with Gasteiger partial charge in [-0.15, -0.1) is 11.8 Å². The summed E-state index contributed by atoms with van der Waals surface area (Å²) in [5.74, 6) is 0.708. The first-order valence-electron chi connectivity index (χ1n) is 6.00. The number of para-hydroxylation sites is 1. The third-order valence-corrected chi connectivity index (χ3v) is 4.80. The minimum Gasteiger partial charge on any atom is -0.295 e. The lowest BCUT2D eigenvalue weighted by molar-refractivity contribution is -0.115. The van der Waals surface area contributed by atoms with Crippen LogP contribution in [-0.4, -0.2) is 11.7 Å². The van der Waals surface area contributed by atoms with Gasteiger partial charge in [-0.05, 0) is 29.8 Å². The highest BCUT2D eigenvalue weighted by Gasteiger charge is 2.33. The molecule has 0 aromatic heterocycles. The lowest BCUT2D eigenvalue weighted by atomic mass is 10.2. The molecular weight excluding hydrogens is 322 g/mol. The number of anilines is 1. The zero-order chi connectivity index (χ0) is 13.2. The van der Waals surface area contributed by atoms with Gasteiger partial charge in [-0.2, -0.15) is 0 Å². The highest BCUT2D eigenvalue weighted by Crippen LogP contribution is 2.41. The Bertz CT molecular complexity index is 585. The topological polar surface area (TPSA) is 20.3 Å². The van der Waals surface area contributed by atoms with Crippen molar-refractivity contribution in [1.82, 2.24) is 0 Å². The number of nitrogens with zero attached hydrogens (tertiary/aromatic N) is 1. The molecule has 0 N–H and O–H groups in total. The SMILES string of the molecule is O=C1CS[C@@H](c2ccc(Br)cc2)N1c1ccccc1. The molecule has 2 aromatic rings. The highest BCUT2D eigenvalue weighted by molar-refractivity contribution is 9.10.